The minimum Gasteiger partial charge on any atom is -0.490 e. The lowest BCUT2D eigenvalue weighted by Crippen LogP contribution is -2.19. The van der Waals surface area contributed by atoms with Gasteiger partial charge in [0.05, 0.1) is 13.0 Å². The zero-order chi connectivity index (χ0) is 15.8. The van der Waals surface area contributed by atoms with Gasteiger partial charge in [0.2, 0.25) is 5.78 Å². The fraction of sp³-hybridized carbons (Fsp3) is 0.176. The molecule has 0 aliphatic rings. The molecule has 4 nitrogen and oxygen atoms in total. The Hall–Kier alpha value is -2.69. The Bertz CT molecular complexity index is 640. The van der Waals surface area contributed by atoms with Crippen LogP contribution in [0.15, 0.2) is 54.6 Å². The second kappa shape index (κ2) is 7.93. The van der Waals surface area contributed by atoms with Gasteiger partial charge in [0.1, 0.15) is 6.61 Å². The maximum atomic E-state index is 13.3. The number of carbonyl (C=O) groups is 2. The summed E-state index contributed by atoms with van der Waals surface area (Å²) in [4.78, 5) is 23.1. The predicted octanol–water partition coefficient (Wildman–Crippen LogP) is 2.91. The highest BCUT2D eigenvalue weighted by Gasteiger charge is 2.15. The van der Waals surface area contributed by atoms with Crippen LogP contribution in [0.2, 0.25) is 0 Å². The van der Waals surface area contributed by atoms with Crippen molar-refractivity contribution in [1.82, 2.24) is 0 Å². The van der Waals surface area contributed by atoms with Crippen molar-refractivity contribution in [2.45, 2.75) is 13.0 Å². The molecular weight excluding hydrogens is 287 g/mol. The van der Waals surface area contributed by atoms with E-state index in [0.717, 1.165) is 5.56 Å². The van der Waals surface area contributed by atoms with Crippen molar-refractivity contribution in [2.75, 3.05) is 6.61 Å². The molecule has 0 aliphatic carbocycles. The third kappa shape index (κ3) is 4.70. The molecule has 0 aromatic heterocycles. The van der Waals surface area contributed by atoms with Gasteiger partial charge in [-0.15, -0.1) is 0 Å². The van der Waals surface area contributed by atoms with Crippen LogP contribution in [0.3, 0.4) is 0 Å². The minimum atomic E-state index is -0.916. The molecule has 2 aromatic rings. The fourth-order valence-electron chi connectivity index (χ4n) is 1.72. The summed E-state index contributed by atoms with van der Waals surface area (Å²) in [5.74, 6) is -2.08. The van der Waals surface area contributed by atoms with E-state index in [0.29, 0.717) is 0 Å². The van der Waals surface area contributed by atoms with E-state index in [2.05, 4.69) is 0 Å². The number of Topliss-reactive ketones (excluding diaryl/α,β-unsaturated/α-hetero) is 1. The van der Waals surface area contributed by atoms with Gasteiger partial charge in [-0.2, -0.15) is 0 Å². The molecule has 0 radical (unpaired) electrons. The molecule has 2 aromatic carbocycles. The zero-order valence-corrected chi connectivity index (χ0v) is 11.8. The topological polar surface area (TPSA) is 52.6 Å². The highest BCUT2D eigenvalue weighted by Crippen LogP contribution is 2.15. The van der Waals surface area contributed by atoms with Crippen molar-refractivity contribution in [3.05, 3.63) is 66.0 Å². The number of ether oxygens (including phenoxy) is 2. The maximum Gasteiger partial charge on any atom is 0.375 e. The largest absolute Gasteiger partial charge is 0.490 e. The first-order valence-corrected chi connectivity index (χ1v) is 6.78. The Kier molecular flexibility index (Phi) is 5.65. The molecule has 0 saturated heterocycles. The van der Waals surface area contributed by atoms with Crippen LogP contribution in [0, 0.1) is 5.82 Å². The van der Waals surface area contributed by atoms with E-state index in [1.54, 1.807) is 18.2 Å². The van der Waals surface area contributed by atoms with Crippen LogP contribution in [0.1, 0.15) is 12.0 Å². The smallest absolute Gasteiger partial charge is 0.375 e. The van der Waals surface area contributed by atoms with Crippen LogP contribution in [-0.2, 0) is 20.9 Å². The second-order valence-electron chi connectivity index (χ2n) is 4.51. The Morgan fingerprint density at radius 2 is 1.64 bits per heavy atom. The van der Waals surface area contributed by atoms with Gasteiger partial charge in [-0.3, -0.25) is 4.79 Å². The van der Waals surface area contributed by atoms with Gasteiger partial charge in [-0.05, 0) is 17.7 Å². The van der Waals surface area contributed by atoms with Crippen LogP contribution >= 0.6 is 0 Å². The van der Waals surface area contributed by atoms with Gasteiger partial charge in [0.25, 0.3) is 0 Å². The molecule has 22 heavy (non-hydrogen) atoms. The molecule has 0 saturated carbocycles. The van der Waals surface area contributed by atoms with Crippen LogP contribution in [0.5, 0.6) is 5.75 Å². The number of rotatable bonds is 7. The Morgan fingerprint density at radius 3 is 2.36 bits per heavy atom. The van der Waals surface area contributed by atoms with Gasteiger partial charge in [-0.25, -0.2) is 9.18 Å². The third-order valence-corrected chi connectivity index (χ3v) is 2.86. The van der Waals surface area contributed by atoms with Crippen molar-refractivity contribution >= 4 is 11.8 Å². The average molecular weight is 302 g/mol. The molecule has 0 unspecified atom stereocenters. The SMILES string of the molecule is O=C(CCOc1ccccc1F)C(=O)OCc1ccccc1. The third-order valence-electron chi connectivity index (χ3n) is 2.86. The highest BCUT2D eigenvalue weighted by molar-refractivity contribution is 6.33. The number of ketones is 1. The fourth-order valence-corrected chi connectivity index (χ4v) is 1.72. The first-order chi connectivity index (χ1) is 10.7. The summed E-state index contributed by atoms with van der Waals surface area (Å²) in [5.41, 5.74) is 0.797. The molecule has 0 fully saturated rings. The highest BCUT2D eigenvalue weighted by atomic mass is 19.1. The summed E-state index contributed by atoms with van der Waals surface area (Å²) in [6.07, 6.45) is -0.165. The summed E-state index contributed by atoms with van der Waals surface area (Å²) in [6, 6.07) is 14.9. The van der Waals surface area contributed by atoms with Crippen molar-refractivity contribution in [1.29, 1.82) is 0 Å². The number of para-hydroxylation sites is 1. The molecule has 114 valence electrons. The first-order valence-electron chi connectivity index (χ1n) is 6.78. The maximum absolute atomic E-state index is 13.3. The standard InChI is InChI=1S/C17H15FO4/c18-14-8-4-5-9-16(14)21-11-10-15(19)17(20)22-12-13-6-2-1-3-7-13/h1-9H,10-12H2. The molecule has 5 heteroatoms. The number of halogens is 1. The number of hydrogen-bond acceptors (Lipinski definition) is 4. The minimum absolute atomic E-state index is 0.0413. The van der Waals surface area contributed by atoms with Crippen molar-refractivity contribution in [3.8, 4) is 5.75 Å². The number of benzene rings is 2. The van der Waals surface area contributed by atoms with Gasteiger partial charge in [0.15, 0.2) is 11.6 Å². The molecule has 0 atom stereocenters. The Morgan fingerprint density at radius 1 is 0.955 bits per heavy atom. The van der Waals surface area contributed by atoms with Crippen LogP contribution in [0.25, 0.3) is 0 Å². The van der Waals surface area contributed by atoms with Crippen LogP contribution < -0.4 is 4.74 Å². The zero-order valence-electron chi connectivity index (χ0n) is 11.8. The van der Waals surface area contributed by atoms with E-state index in [-0.39, 0.29) is 25.4 Å². The Labute approximate surface area is 127 Å². The van der Waals surface area contributed by atoms with Crippen LogP contribution in [0.4, 0.5) is 4.39 Å². The molecule has 0 bridgehead atoms. The van der Waals surface area contributed by atoms with E-state index in [1.165, 1.54) is 18.2 Å². The average Bonchev–Trinajstić information content (AvgIpc) is 2.55. The summed E-state index contributed by atoms with van der Waals surface area (Å²) in [6.45, 7) is -0.0419. The lowest BCUT2D eigenvalue weighted by molar-refractivity contribution is -0.155. The monoisotopic (exact) mass is 302 g/mol. The van der Waals surface area contributed by atoms with Gasteiger partial charge in [0, 0.05) is 0 Å². The molecule has 0 N–H and O–H groups in total. The lowest BCUT2D eigenvalue weighted by Gasteiger charge is -2.07. The van der Waals surface area contributed by atoms with Gasteiger partial charge in [-0.1, -0.05) is 42.5 Å². The molecule has 0 spiro atoms. The van der Waals surface area contributed by atoms with Crippen LogP contribution in [-0.4, -0.2) is 18.4 Å². The number of carbonyl (C=O) groups excluding carboxylic acids is 2. The molecular formula is C17H15FO4. The second-order valence-corrected chi connectivity index (χ2v) is 4.51. The van der Waals surface area contributed by atoms with Gasteiger partial charge < -0.3 is 9.47 Å². The van der Waals surface area contributed by atoms with Crippen molar-refractivity contribution in [3.63, 3.8) is 0 Å². The van der Waals surface area contributed by atoms with Crippen molar-refractivity contribution < 1.29 is 23.5 Å². The summed E-state index contributed by atoms with van der Waals surface area (Å²) in [5, 5.41) is 0. The predicted molar refractivity (Wildman–Crippen MR) is 77.8 cm³/mol. The lowest BCUT2D eigenvalue weighted by atomic mass is 10.2. The normalized spacial score (nSPS) is 10.0. The molecule has 0 aliphatic heterocycles. The quantitative estimate of drug-likeness (QED) is 0.583. The number of hydrogen-bond donors (Lipinski definition) is 0. The molecule has 2 rings (SSSR count). The molecule has 0 heterocycles. The van der Waals surface area contributed by atoms with E-state index in [9.17, 15) is 14.0 Å². The Balaban J connectivity index is 1.73. The number of esters is 1. The van der Waals surface area contributed by atoms with E-state index in [1.807, 2.05) is 18.2 Å². The van der Waals surface area contributed by atoms with E-state index in [4.69, 9.17) is 9.47 Å². The van der Waals surface area contributed by atoms with Crippen molar-refractivity contribution in [2.24, 2.45) is 0 Å². The van der Waals surface area contributed by atoms with E-state index < -0.39 is 17.6 Å². The first kappa shape index (κ1) is 15.7. The summed E-state index contributed by atoms with van der Waals surface area (Å²) < 4.78 is 23.3. The van der Waals surface area contributed by atoms with Gasteiger partial charge >= 0.3 is 5.97 Å². The summed E-state index contributed by atoms with van der Waals surface area (Å²) in [7, 11) is 0. The molecule has 0 amide bonds. The summed E-state index contributed by atoms with van der Waals surface area (Å²) >= 11 is 0. The van der Waals surface area contributed by atoms with E-state index >= 15 is 0 Å².